The Bertz CT molecular complexity index is 1060. The third kappa shape index (κ3) is 4.05. The molecule has 136 valence electrons. The van der Waals surface area contributed by atoms with E-state index in [-0.39, 0.29) is 17.6 Å². The summed E-state index contributed by atoms with van der Waals surface area (Å²) in [7, 11) is 0. The molecule has 0 unspecified atom stereocenters. The van der Waals surface area contributed by atoms with E-state index < -0.39 is 0 Å². The topological polar surface area (TPSA) is 94.0 Å². The smallest absolute Gasteiger partial charge is 0.277 e. The first kappa shape index (κ1) is 17.4. The second kappa shape index (κ2) is 7.69. The lowest BCUT2D eigenvalue weighted by molar-refractivity contribution is 0.102. The van der Waals surface area contributed by atoms with Crippen LogP contribution in [-0.4, -0.2) is 15.9 Å². The van der Waals surface area contributed by atoms with Crippen molar-refractivity contribution in [2.75, 3.05) is 5.32 Å². The summed E-state index contributed by atoms with van der Waals surface area (Å²) in [5.74, 6) is 0.0147. The van der Waals surface area contributed by atoms with E-state index in [1.165, 1.54) is 11.1 Å². The van der Waals surface area contributed by atoms with Gasteiger partial charge in [0.15, 0.2) is 5.69 Å². The minimum atomic E-state index is -0.354. The molecule has 0 spiro atoms. The van der Waals surface area contributed by atoms with Gasteiger partial charge >= 0.3 is 0 Å². The molecule has 0 bridgehead atoms. The van der Waals surface area contributed by atoms with E-state index in [1.54, 1.807) is 17.5 Å². The summed E-state index contributed by atoms with van der Waals surface area (Å²) in [5.41, 5.74) is 7.82. The van der Waals surface area contributed by atoms with Gasteiger partial charge in [-0.25, -0.2) is 4.98 Å². The molecular formula is C20H18N4O2S. The number of nitrogens with zero attached hydrogens (tertiary/aromatic N) is 2. The van der Waals surface area contributed by atoms with Gasteiger partial charge in [-0.1, -0.05) is 24.3 Å². The number of carbonyl (C=O) groups is 1. The lowest BCUT2D eigenvalue weighted by atomic mass is 10.1. The number of aromatic nitrogens is 2. The van der Waals surface area contributed by atoms with Gasteiger partial charge in [0.25, 0.3) is 5.91 Å². The summed E-state index contributed by atoms with van der Waals surface area (Å²) in [4.78, 5) is 22.3. The number of oxazole rings is 1. The number of nitrogens with two attached hydrogens (primary N) is 1. The highest BCUT2D eigenvalue weighted by Gasteiger charge is 2.17. The quantitative estimate of drug-likeness (QED) is 0.525. The monoisotopic (exact) mass is 378 g/mol. The van der Waals surface area contributed by atoms with Gasteiger partial charge in [-0.3, -0.25) is 9.78 Å². The van der Waals surface area contributed by atoms with Crippen molar-refractivity contribution in [3.8, 4) is 0 Å². The molecule has 0 radical (unpaired) electrons. The third-order valence-electron chi connectivity index (χ3n) is 4.20. The number of thiophene rings is 1. The maximum atomic E-state index is 12.4. The average Bonchev–Trinajstić information content (AvgIpc) is 3.38. The zero-order valence-corrected chi connectivity index (χ0v) is 15.3. The van der Waals surface area contributed by atoms with E-state index in [0.717, 1.165) is 17.3 Å². The Hall–Kier alpha value is -3.03. The Kier molecular flexibility index (Phi) is 4.95. The summed E-state index contributed by atoms with van der Waals surface area (Å²) in [6, 6.07) is 13.3. The minimum absolute atomic E-state index is 0.199. The van der Waals surface area contributed by atoms with Crippen LogP contribution in [0, 0.1) is 0 Å². The molecule has 4 aromatic rings. The Labute approximate surface area is 160 Å². The van der Waals surface area contributed by atoms with Gasteiger partial charge in [0, 0.05) is 10.3 Å². The maximum Gasteiger partial charge on any atom is 0.277 e. The SMILES string of the molecule is N[C@H](CCc1cccs1)c1nc(C(=O)Nc2cnc3ccccc3c2)co1. The predicted octanol–water partition coefficient (Wildman–Crippen LogP) is 4.17. The van der Waals surface area contributed by atoms with Gasteiger partial charge in [0.2, 0.25) is 5.89 Å². The molecule has 3 N–H and O–H groups in total. The molecule has 0 aliphatic rings. The molecule has 7 heteroatoms. The van der Waals surface area contributed by atoms with E-state index in [9.17, 15) is 4.79 Å². The van der Waals surface area contributed by atoms with Crippen LogP contribution in [0.2, 0.25) is 0 Å². The largest absolute Gasteiger partial charge is 0.446 e. The highest BCUT2D eigenvalue weighted by atomic mass is 32.1. The number of rotatable bonds is 6. The van der Waals surface area contributed by atoms with Crippen molar-refractivity contribution in [3.63, 3.8) is 0 Å². The zero-order valence-electron chi connectivity index (χ0n) is 14.5. The molecule has 1 aromatic carbocycles. The molecule has 3 heterocycles. The van der Waals surface area contributed by atoms with Gasteiger partial charge in [-0.2, -0.15) is 0 Å². The van der Waals surface area contributed by atoms with E-state index in [2.05, 4.69) is 21.4 Å². The van der Waals surface area contributed by atoms with Crippen LogP contribution in [0.25, 0.3) is 10.9 Å². The van der Waals surface area contributed by atoms with Gasteiger partial charge in [-0.05, 0) is 36.4 Å². The number of amides is 1. The fraction of sp³-hybridized carbons (Fsp3) is 0.150. The summed E-state index contributed by atoms with van der Waals surface area (Å²) >= 11 is 1.70. The lowest BCUT2D eigenvalue weighted by Gasteiger charge is -2.06. The van der Waals surface area contributed by atoms with Crippen LogP contribution in [0.1, 0.15) is 33.7 Å². The molecule has 4 rings (SSSR count). The Morgan fingerprint density at radius 1 is 1.26 bits per heavy atom. The van der Waals surface area contributed by atoms with Gasteiger partial charge in [0.05, 0.1) is 23.4 Å². The Morgan fingerprint density at radius 3 is 3.00 bits per heavy atom. The van der Waals surface area contributed by atoms with E-state index in [0.29, 0.717) is 18.0 Å². The number of para-hydroxylation sites is 1. The summed E-state index contributed by atoms with van der Waals surface area (Å²) < 4.78 is 5.42. The van der Waals surface area contributed by atoms with Crippen LogP contribution < -0.4 is 11.1 Å². The second-order valence-corrected chi connectivity index (χ2v) is 7.20. The molecule has 0 fully saturated rings. The van der Waals surface area contributed by atoms with Gasteiger partial charge in [0.1, 0.15) is 6.26 Å². The van der Waals surface area contributed by atoms with Gasteiger partial charge in [-0.15, -0.1) is 11.3 Å². The highest BCUT2D eigenvalue weighted by Crippen LogP contribution is 2.20. The molecular weight excluding hydrogens is 360 g/mol. The second-order valence-electron chi connectivity index (χ2n) is 6.17. The number of carbonyl (C=O) groups excluding carboxylic acids is 1. The molecule has 0 aliphatic carbocycles. The van der Waals surface area contributed by atoms with Crippen LogP contribution in [0.3, 0.4) is 0 Å². The fourth-order valence-corrected chi connectivity index (χ4v) is 3.50. The normalized spacial score (nSPS) is 12.2. The number of anilines is 1. The molecule has 1 amide bonds. The first-order chi connectivity index (χ1) is 13.2. The Morgan fingerprint density at radius 2 is 2.15 bits per heavy atom. The van der Waals surface area contributed by atoms with Crippen molar-refractivity contribution < 1.29 is 9.21 Å². The van der Waals surface area contributed by atoms with Crippen LogP contribution in [-0.2, 0) is 6.42 Å². The molecule has 27 heavy (non-hydrogen) atoms. The number of pyridine rings is 1. The molecule has 0 saturated carbocycles. The first-order valence-electron chi connectivity index (χ1n) is 8.58. The van der Waals surface area contributed by atoms with E-state index in [4.69, 9.17) is 10.2 Å². The van der Waals surface area contributed by atoms with Crippen LogP contribution in [0.5, 0.6) is 0 Å². The minimum Gasteiger partial charge on any atom is -0.446 e. The number of hydrogen-bond donors (Lipinski definition) is 2. The van der Waals surface area contributed by atoms with Crippen LogP contribution in [0.4, 0.5) is 5.69 Å². The fourth-order valence-electron chi connectivity index (χ4n) is 2.77. The van der Waals surface area contributed by atoms with Crippen molar-refractivity contribution in [2.45, 2.75) is 18.9 Å². The standard InChI is InChI=1S/C20H18N4O2S/c21-16(8-7-15-5-3-9-27-15)20-24-18(12-26-20)19(25)23-14-10-13-4-1-2-6-17(13)22-11-14/h1-6,9-12,16H,7-8,21H2,(H,23,25)/t16-/m1/s1. The number of nitrogens with one attached hydrogen (secondary N) is 1. The van der Waals surface area contributed by atoms with E-state index >= 15 is 0 Å². The molecule has 0 aliphatic heterocycles. The van der Waals surface area contributed by atoms with Crippen molar-refractivity contribution in [1.82, 2.24) is 9.97 Å². The molecule has 3 aromatic heterocycles. The van der Waals surface area contributed by atoms with Crippen molar-refractivity contribution in [1.29, 1.82) is 0 Å². The Balaban J connectivity index is 1.41. The number of aryl methyl sites for hydroxylation is 1. The molecule has 1 atom stereocenters. The molecule has 6 nitrogen and oxygen atoms in total. The number of fused-ring (bicyclic) bond motifs is 1. The predicted molar refractivity (Wildman–Crippen MR) is 106 cm³/mol. The molecule has 0 saturated heterocycles. The lowest BCUT2D eigenvalue weighted by Crippen LogP contribution is -2.15. The highest BCUT2D eigenvalue weighted by molar-refractivity contribution is 7.09. The van der Waals surface area contributed by atoms with Gasteiger partial charge < -0.3 is 15.5 Å². The maximum absolute atomic E-state index is 12.4. The third-order valence-corrected chi connectivity index (χ3v) is 5.14. The van der Waals surface area contributed by atoms with Crippen molar-refractivity contribution in [3.05, 3.63) is 76.8 Å². The zero-order chi connectivity index (χ0) is 18.6. The first-order valence-corrected chi connectivity index (χ1v) is 9.46. The van der Waals surface area contributed by atoms with Crippen molar-refractivity contribution in [2.24, 2.45) is 5.73 Å². The summed E-state index contributed by atoms with van der Waals surface area (Å²) in [6.07, 6.45) is 4.51. The summed E-state index contributed by atoms with van der Waals surface area (Å²) in [6.45, 7) is 0. The average molecular weight is 378 g/mol. The number of hydrogen-bond acceptors (Lipinski definition) is 6. The number of benzene rings is 1. The van der Waals surface area contributed by atoms with Crippen LogP contribution in [0.15, 0.2) is 64.7 Å². The summed E-state index contributed by atoms with van der Waals surface area (Å²) in [5, 5.41) is 5.78. The van der Waals surface area contributed by atoms with E-state index in [1.807, 2.05) is 41.8 Å². The van der Waals surface area contributed by atoms with Crippen LogP contribution >= 0.6 is 11.3 Å². The van der Waals surface area contributed by atoms with Crippen molar-refractivity contribution >= 4 is 33.8 Å².